The molecule has 0 amide bonds. The largest absolute Gasteiger partial charge is 0.306 e. The van der Waals surface area contributed by atoms with E-state index in [1.54, 1.807) is 0 Å². The molecule has 0 fully saturated rings. The summed E-state index contributed by atoms with van der Waals surface area (Å²) < 4.78 is 0. The lowest BCUT2D eigenvalue weighted by molar-refractivity contribution is 0.263. The average molecular weight is 264 g/mol. The highest BCUT2D eigenvalue weighted by Gasteiger charge is 2.06. The summed E-state index contributed by atoms with van der Waals surface area (Å²) in [5, 5.41) is 1.14. The second-order valence-corrected chi connectivity index (χ2v) is 5.44. The predicted octanol–water partition coefficient (Wildman–Crippen LogP) is 3.78. The molecule has 0 heterocycles. The van der Waals surface area contributed by atoms with Crippen molar-refractivity contribution in [3.8, 4) is 0 Å². The van der Waals surface area contributed by atoms with Crippen LogP contribution in [0, 0.1) is 11.8 Å². The van der Waals surface area contributed by atoms with E-state index in [4.69, 9.17) is 0 Å². The lowest BCUT2D eigenvalue weighted by Crippen LogP contribution is -2.26. The van der Waals surface area contributed by atoms with Gasteiger partial charge in [0.05, 0.1) is 0 Å². The Morgan fingerprint density at radius 3 is 2.29 bits per heavy atom. The van der Waals surface area contributed by atoms with Gasteiger partial charge in [-0.25, -0.2) is 0 Å². The maximum absolute atomic E-state index is 3.49. The van der Waals surface area contributed by atoms with Crippen LogP contribution in [0.4, 0.5) is 0 Å². The molecule has 2 unspecified atom stereocenters. The van der Waals surface area contributed by atoms with Crippen molar-refractivity contribution in [2.45, 2.75) is 40.0 Å². The van der Waals surface area contributed by atoms with Gasteiger partial charge in [0.2, 0.25) is 0 Å². The van der Waals surface area contributed by atoms with Crippen molar-refractivity contribution < 1.29 is 0 Å². The number of nitrogens with zero attached hydrogens (tertiary/aromatic N) is 1. The molecule has 86 valence electrons. The summed E-state index contributed by atoms with van der Waals surface area (Å²) in [4.78, 5) is 2.47. The van der Waals surface area contributed by atoms with E-state index in [-0.39, 0.29) is 0 Å². The first kappa shape index (κ1) is 14.4. The minimum atomic E-state index is 0.839. The number of alkyl halides is 1. The second kappa shape index (κ2) is 8.72. The first-order valence-corrected chi connectivity index (χ1v) is 6.96. The van der Waals surface area contributed by atoms with E-state index in [1.807, 2.05) is 0 Å². The van der Waals surface area contributed by atoms with E-state index in [1.165, 1.54) is 32.4 Å². The molecule has 0 spiro atoms. The first-order chi connectivity index (χ1) is 6.60. The Kier molecular flexibility index (Phi) is 9.00. The Hall–Kier alpha value is 0.440. The zero-order chi connectivity index (χ0) is 11.0. The number of halogens is 1. The minimum Gasteiger partial charge on any atom is -0.306 e. The Morgan fingerprint density at radius 2 is 1.79 bits per heavy atom. The third kappa shape index (κ3) is 7.81. The lowest BCUT2D eigenvalue weighted by atomic mass is 10.0. The van der Waals surface area contributed by atoms with Crippen LogP contribution >= 0.6 is 15.9 Å². The molecule has 0 saturated carbocycles. The fraction of sp³-hybridized carbons (Fsp3) is 1.00. The summed E-state index contributed by atoms with van der Waals surface area (Å²) >= 11 is 3.49. The Morgan fingerprint density at radius 1 is 1.14 bits per heavy atom. The van der Waals surface area contributed by atoms with E-state index in [2.05, 4.69) is 48.6 Å². The normalized spacial score (nSPS) is 15.9. The van der Waals surface area contributed by atoms with Gasteiger partial charge in [-0.2, -0.15) is 0 Å². The van der Waals surface area contributed by atoms with Crippen molar-refractivity contribution in [3.63, 3.8) is 0 Å². The monoisotopic (exact) mass is 263 g/mol. The van der Waals surface area contributed by atoms with Gasteiger partial charge in [-0.1, -0.05) is 43.1 Å². The molecular weight excluding hydrogens is 238 g/mol. The standard InChI is InChI=1S/C12H26BrN/c1-5-11(2)10-14(4)9-7-12(3)6-8-13/h11-12H,5-10H2,1-4H3. The Labute approximate surface area is 98.4 Å². The summed E-state index contributed by atoms with van der Waals surface area (Å²) in [5.74, 6) is 1.69. The number of rotatable bonds is 8. The van der Waals surface area contributed by atoms with Gasteiger partial charge in [-0.05, 0) is 38.3 Å². The third-order valence-corrected chi connectivity index (χ3v) is 3.38. The molecule has 0 aliphatic carbocycles. The quantitative estimate of drug-likeness (QED) is 0.603. The van der Waals surface area contributed by atoms with Crippen LogP contribution in [0.3, 0.4) is 0 Å². The maximum atomic E-state index is 3.49. The summed E-state index contributed by atoms with van der Waals surface area (Å²) in [6.45, 7) is 9.44. The zero-order valence-corrected chi connectivity index (χ0v) is 11.8. The molecule has 0 aliphatic heterocycles. The third-order valence-electron chi connectivity index (χ3n) is 2.93. The molecule has 1 nitrogen and oxygen atoms in total. The zero-order valence-electron chi connectivity index (χ0n) is 10.2. The molecule has 0 aromatic carbocycles. The SMILES string of the molecule is CCC(C)CN(C)CCC(C)CCBr. The Balaban J connectivity index is 3.47. The molecular formula is C12H26BrN. The maximum Gasteiger partial charge on any atom is 0.00338 e. The second-order valence-electron chi connectivity index (χ2n) is 4.65. The fourth-order valence-electron chi connectivity index (χ4n) is 1.52. The molecule has 0 rings (SSSR count). The summed E-state index contributed by atoms with van der Waals surface area (Å²) in [6, 6.07) is 0. The van der Waals surface area contributed by atoms with Gasteiger partial charge in [0.15, 0.2) is 0 Å². The van der Waals surface area contributed by atoms with Gasteiger partial charge in [0, 0.05) is 11.9 Å². The molecule has 14 heavy (non-hydrogen) atoms. The molecule has 2 heteroatoms. The van der Waals surface area contributed by atoms with Crippen LogP contribution in [0.25, 0.3) is 0 Å². The van der Waals surface area contributed by atoms with Crippen molar-refractivity contribution in [1.82, 2.24) is 4.90 Å². The molecule has 0 aliphatic rings. The van der Waals surface area contributed by atoms with Crippen molar-refractivity contribution in [3.05, 3.63) is 0 Å². The van der Waals surface area contributed by atoms with Crippen molar-refractivity contribution >= 4 is 15.9 Å². The highest BCUT2D eigenvalue weighted by atomic mass is 79.9. The smallest absolute Gasteiger partial charge is 0.00338 e. The van der Waals surface area contributed by atoms with E-state index < -0.39 is 0 Å². The van der Waals surface area contributed by atoms with Gasteiger partial charge in [0.1, 0.15) is 0 Å². The van der Waals surface area contributed by atoms with Crippen LogP contribution in [-0.2, 0) is 0 Å². The van der Waals surface area contributed by atoms with E-state index in [0.29, 0.717) is 0 Å². The number of hydrogen-bond acceptors (Lipinski definition) is 1. The predicted molar refractivity (Wildman–Crippen MR) is 69.1 cm³/mol. The topological polar surface area (TPSA) is 3.24 Å². The van der Waals surface area contributed by atoms with Crippen LogP contribution in [0.1, 0.15) is 40.0 Å². The van der Waals surface area contributed by atoms with Crippen LogP contribution < -0.4 is 0 Å². The number of hydrogen-bond donors (Lipinski definition) is 0. The Bertz CT molecular complexity index is 127. The highest BCUT2D eigenvalue weighted by Crippen LogP contribution is 2.10. The summed E-state index contributed by atoms with van der Waals surface area (Å²) in [5.41, 5.74) is 0. The molecule has 2 atom stereocenters. The van der Waals surface area contributed by atoms with Crippen molar-refractivity contribution in [2.75, 3.05) is 25.5 Å². The van der Waals surface area contributed by atoms with Crippen molar-refractivity contribution in [2.24, 2.45) is 11.8 Å². The average Bonchev–Trinajstić information content (AvgIpc) is 2.15. The molecule has 0 N–H and O–H groups in total. The summed E-state index contributed by atoms with van der Waals surface area (Å²) in [6.07, 6.45) is 3.93. The highest BCUT2D eigenvalue weighted by molar-refractivity contribution is 9.09. The lowest BCUT2D eigenvalue weighted by Gasteiger charge is -2.21. The van der Waals surface area contributed by atoms with Gasteiger partial charge in [-0.3, -0.25) is 0 Å². The van der Waals surface area contributed by atoms with E-state index in [9.17, 15) is 0 Å². The fourth-order valence-corrected chi connectivity index (χ4v) is 2.31. The van der Waals surface area contributed by atoms with Crippen LogP contribution in [0.15, 0.2) is 0 Å². The molecule has 0 bridgehead atoms. The van der Waals surface area contributed by atoms with Crippen LogP contribution in [0.5, 0.6) is 0 Å². The molecule has 0 radical (unpaired) electrons. The van der Waals surface area contributed by atoms with Gasteiger partial charge in [0.25, 0.3) is 0 Å². The van der Waals surface area contributed by atoms with E-state index >= 15 is 0 Å². The van der Waals surface area contributed by atoms with Crippen LogP contribution in [-0.4, -0.2) is 30.4 Å². The summed E-state index contributed by atoms with van der Waals surface area (Å²) in [7, 11) is 2.24. The van der Waals surface area contributed by atoms with Gasteiger partial charge >= 0.3 is 0 Å². The van der Waals surface area contributed by atoms with Crippen LogP contribution in [0.2, 0.25) is 0 Å². The van der Waals surface area contributed by atoms with E-state index in [0.717, 1.165) is 17.2 Å². The van der Waals surface area contributed by atoms with Gasteiger partial charge < -0.3 is 4.90 Å². The first-order valence-electron chi connectivity index (χ1n) is 5.84. The molecule has 0 saturated heterocycles. The van der Waals surface area contributed by atoms with Gasteiger partial charge in [-0.15, -0.1) is 0 Å². The van der Waals surface area contributed by atoms with Crippen molar-refractivity contribution in [1.29, 1.82) is 0 Å². The minimum absolute atomic E-state index is 0.839. The molecule has 0 aromatic heterocycles. The molecule has 0 aromatic rings.